The Bertz CT molecular complexity index is 237. The Morgan fingerprint density at radius 1 is 1.00 bits per heavy atom. The molecule has 0 saturated carbocycles. The predicted molar refractivity (Wildman–Crippen MR) is 74.0 cm³/mol. The van der Waals surface area contributed by atoms with Crippen molar-refractivity contribution in [3.63, 3.8) is 0 Å². The molecule has 0 amide bonds. The molecule has 2 fully saturated rings. The number of piperidine rings is 1. The van der Waals surface area contributed by atoms with E-state index >= 15 is 0 Å². The Hall–Kier alpha value is -0.0800. The van der Waals surface area contributed by atoms with E-state index < -0.39 is 0 Å². The van der Waals surface area contributed by atoms with Gasteiger partial charge in [-0.2, -0.15) is 0 Å². The van der Waals surface area contributed by atoms with E-state index in [4.69, 9.17) is 0 Å². The zero-order valence-corrected chi connectivity index (χ0v) is 12.1. The second kappa shape index (κ2) is 5.71. The van der Waals surface area contributed by atoms with Crippen LogP contribution in [0.3, 0.4) is 0 Å². The minimum Gasteiger partial charge on any atom is -0.298 e. The summed E-state index contributed by atoms with van der Waals surface area (Å²) in [7, 11) is 0. The molecule has 2 aliphatic rings. The van der Waals surface area contributed by atoms with Gasteiger partial charge >= 0.3 is 0 Å². The van der Waals surface area contributed by atoms with Crippen LogP contribution >= 0.6 is 0 Å². The van der Waals surface area contributed by atoms with E-state index in [1.165, 1.54) is 38.6 Å². The number of hydrogen-bond acceptors (Lipinski definition) is 2. The van der Waals surface area contributed by atoms with Crippen LogP contribution in [0.25, 0.3) is 0 Å². The summed E-state index contributed by atoms with van der Waals surface area (Å²) in [5.41, 5.74) is 0. The normalized spacial score (nSPS) is 36.0. The standard InChI is InChI=1S/C15H30N2/c1-11(2)14-9-5-7-13-8-6-10-17(12(3)4)15(13)16-14/h11-16H,5-10H2,1-4H3. The van der Waals surface area contributed by atoms with Crippen LogP contribution in [0.5, 0.6) is 0 Å². The molecule has 1 N–H and O–H groups in total. The van der Waals surface area contributed by atoms with Gasteiger partial charge in [0.05, 0.1) is 6.17 Å². The van der Waals surface area contributed by atoms with Crippen molar-refractivity contribution in [2.45, 2.75) is 78.0 Å². The minimum atomic E-state index is 0.652. The summed E-state index contributed by atoms with van der Waals surface area (Å²) in [5, 5.41) is 3.97. The third-order valence-electron chi connectivity index (χ3n) is 4.74. The van der Waals surface area contributed by atoms with Crippen LogP contribution in [0.15, 0.2) is 0 Å². The molecule has 2 heterocycles. The maximum absolute atomic E-state index is 3.97. The number of hydrogen-bond donors (Lipinski definition) is 1. The minimum absolute atomic E-state index is 0.652. The van der Waals surface area contributed by atoms with E-state index in [9.17, 15) is 0 Å². The van der Waals surface area contributed by atoms with E-state index in [1.54, 1.807) is 0 Å². The maximum Gasteiger partial charge on any atom is 0.0630 e. The predicted octanol–water partition coefficient (Wildman–Crippen LogP) is 3.23. The van der Waals surface area contributed by atoms with Crippen molar-refractivity contribution >= 4 is 0 Å². The lowest BCUT2D eigenvalue weighted by molar-refractivity contribution is 0.0351. The molecule has 2 nitrogen and oxygen atoms in total. The molecule has 17 heavy (non-hydrogen) atoms. The molecule has 0 bridgehead atoms. The van der Waals surface area contributed by atoms with Crippen LogP contribution in [0, 0.1) is 11.8 Å². The van der Waals surface area contributed by atoms with Crippen molar-refractivity contribution in [3.05, 3.63) is 0 Å². The first kappa shape index (κ1) is 13.4. The van der Waals surface area contributed by atoms with E-state index in [2.05, 4.69) is 37.9 Å². The van der Waals surface area contributed by atoms with E-state index in [0.29, 0.717) is 12.2 Å². The van der Waals surface area contributed by atoms with Gasteiger partial charge in [-0.05, 0) is 57.9 Å². The van der Waals surface area contributed by atoms with Crippen molar-refractivity contribution in [3.8, 4) is 0 Å². The van der Waals surface area contributed by atoms with Crippen molar-refractivity contribution in [2.24, 2.45) is 11.8 Å². The Kier molecular flexibility index (Phi) is 4.48. The molecule has 3 unspecified atom stereocenters. The lowest BCUT2D eigenvalue weighted by Crippen LogP contribution is -2.58. The van der Waals surface area contributed by atoms with Crippen LogP contribution in [0.2, 0.25) is 0 Å². The Labute approximate surface area is 107 Å². The molecule has 100 valence electrons. The van der Waals surface area contributed by atoms with Crippen molar-refractivity contribution in [1.29, 1.82) is 0 Å². The average molecular weight is 238 g/mol. The largest absolute Gasteiger partial charge is 0.298 e. The molecule has 2 aliphatic heterocycles. The lowest BCUT2D eigenvalue weighted by Gasteiger charge is -2.44. The van der Waals surface area contributed by atoms with Crippen LogP contribution in [0.1, 0.15) is 59.8 Å². The van der Waals surface area contributed by atoms with Gasteiger partial charge in [0, 0.05) is 12.1 Å². The molecule has 2 rings (SSSR count). The van der Waals surface area contributed by atoms with Crippen molar-refractivity contribution < 1.29 is 0 Å². The summed E-state index contributed by atoms with van der Waals surface area (Å²) in [6.07, 6.45) is 7.71. The zero-order chi connectivity index (χ0) is 12.4. The van der Waals surface area contributed by atoms with E-state index in [0.717, 1.165) is 17.9 Å². The fourth-order valence-electron chi connectivity index (χ4n) is 3.65. The van der Waals surface area contributed by atoms with Gasteiger partial charge in [-0.25, -0.2) is 0 Å². The number of likely N-dealkylation sites (tertiary alicyclic amines) is 1. The van der Waals surface area contributed by atoms with Crippen LogP contribution in [-0.4, -0.2) is 29.7 Å². The molecular weight excluding hydrogens is 208 g/mol. The SMILES string of the molecule is CC(C)C1CCCC2CCCN(C(C)C)C2N1. The zero-order valence-electron chi connectivity index (χ0n) is 12.1. The molecule has 0 aromatic heterocycles. The first-order valence-electron chi connectivity index (χ1n) is 7.61. The highest BCUT2D eigenvalue weighted by Gasteiger charge is 2.36. The Morgan fingerprint density at radius 3 is 2.35 bits per heavy atom. The molecule has 0 radical (unpaired) electrons. The van der Waals surface area contributed by atoms with Crippen LogP contribution in [-0.2, 0) is 0 Å². The van der Waals surface area contributed by atoms with Gasteiger partial charge in [-0.1, -0.05) is 20.3 Å². The van der Waals surface area contributed by atoms with E-state index in [1.807, 2.05) is 0 Å². The highest BCUT2D eigenvalue weighted by Crippen LogP contribution is 2.32. The Morgan fingerprint density at radius 2 is 1.71 bits per heavy atom. The first-order chi connectivity index (χ1) is 8.09. The summed E-state index contributed by atoms with van der Waals surface area (Å²) < 4.78 is 0. The molecule has 0 aromatic carbocycles. The molecule has 2 saturated heterocycles. The van der Waals surface area contributed by atoms with Crippen molar-refractivity contribution in [2.75, 3.05) is 6.54 Å². The van der Waals surface area contributed by atoms with Crippen molar-refractivity contribution in [1.82, 2.24) is 10.2 Å². The molecule has 0 aromatic rings. The van der Waals surface area contributed by atoms with Gasteiger partial charge in [0.2, 0.25) is 0 Å². The quantitative estimate of drug-likeness (QED) is 0.794. The second-order valence-corrected chi connectivity index (χ2v) is 6.63. The average Bonchev–Trinajstić information content (AvgIpc) is 2.49. The first-order valence-corrected chi connectivity index (χ1v) is 7.61. The van der Waals surface area contributed by atoms with Gasteiger partial charge in [0.15, 0.2) is 0 Å². The summed E-state index contributed by atoms with van der Waals surface area (Å²) >= 11 is 0. The number of nitrogens with zero attached hydrogens (tertiary/aromatic N) is 1. The summed E-state index contributed by atoms with van der Waals surface area (Å²) in [4.78, 5) is 2.70. The summed E-state index contributed by atoms with van der Waals surface area (Å²) in [6, 6.07) is 1.41. The highest BCUT2D eigenvalue weighted by molar-refractivity contribution is 4.90. The number of rotatable bonds is 2. The van der Waals surface area contributed by atoms with Gasteiger partial charge in [0.1, 0.15) is 0 Å². The topological polar surface area (TPSA) is 15.3 Å². The van der Waals surface area contributed by atoms with Gasteiger partial charge in [0.25, 0.3) is 0 Å². The molecule has 3 atom stereocenters. The Balaban J connectivity index is 2.09. The molecular formula is C15H30N2. The third-order valence-corrected chi connectivity index (χ3v) is 4.74. The second-order valence-electron chi connectivity index (χ2n) is 6.63. The molecule has 2 heteroatoms. The third kappa shape index (κ3) is 3.03. The summed E-state index contributed by atoms with van der Waals surface area (Å²) in [5.74, 6) is 1.67. The molecule has 0 spiro atoms. The van der Waals surface area contributed by atoms with Gasteiger partial charge in [-0.3, -0.25) is 10.2 Å². The smallest absolute Gasteiger partial charge is 0.0630 e. The van der Waals surface area contributed by atoms with Gasteiger partial charge in [-0.15, -0.1) is 0 Å². The van der Waals surface area contributed by atoms with Crippen LogP contribution in [0.4, 0.5) is 0 Å². The summed E-state index contributed by atoms with van der Waals surface area (Å²) in [6.45, 7) is 10.7. The highest BCUT2D eigenvalue weighted by atomic mass is 15.3. The maximum atomic E-state index is 3.97. The number of nitrogens with one attached hydrogen (secondary N) is 1. The number of fused-ring (bicyclic) bond motifs is 1. The lowest BCUT2D eigenvalue weighted by atomic mass is 9.90. The fourth-order valence-corrected chi connectivity index (χ4v) is 3.65. The van der Waals surface area contributed by atoms with Crippen LogP contribution < -0.4 is 5.32 Å². The molecule has 0 aliphatic carbocycles. The fraction of sp³-hybridized carbons (Fsp3) is 1.00. The van der Waals surface area contributed by atoms with Gasteiger partial charge < -0.3 is 0 Å². The monoisotopic (exact) mass is 238 g/mol. The van der Waals surface area contributed by atoms with E-state index in [-0.39, 0.29) is 0 Å².